The number of H-pyrrole nitrogens is 1. The third-order valence-electron chi connectivity index (χ3n) is 3.17. The van der Waals surface area contributed by atoms with Crippen molar-refractivity contribution in [2.75, 3.05) is 0 Å². The number of nitrogens with zero attached hydrogens (tertiary/aromatic N) is 2. The molecular weight excluding hydrogens is 314 g/mol. The van der Waals surface area contributed by atoms with E-state index < -0.39 is 5.97 Å². The summed E-state index contributed by atoms with van der Waals surface area (Å²) in [5, 5.41) is 1.04. The van der Waals surface area contributed by atoms with Gasteiger partial charge < -0.3 is 9.72 Å². The summed E-state index contributed by atoms with van der Waals surface area (Å²) in [6.07, 6.45) is 2.98. The molecule has 2 heterocycles. The molecule has 2 aromatic heterocycles. The first kappa shape index (κ1) is 17.0. The minimum Gasteiger partial charge on any atom is -0.459 e. The van der Waals surface area contributed by atoms with Crippen LogP contribution in [0.25, 0.3) is 22.2 Å². The van der Waals surface area contributed by atoms with Crippen LogP contribution in [0.4, 0.5) is 0 Å². The third kappa shape index (κ3) is 3.35. The number of fused-ring (bicyclic) bond motifs is 1. The predicted octanol–water partition coefficient (Wildman–Crippen LogP) is 4.48. The maximum atomic E-state index is 12.3. The highest BCUT2D eigenvalue weighted by Gasteiger charge is 2.20. The van der Waals surface area contributed by atoms with Crippen LogP contribution in [0.5, 0.6) is 0 Å². The van der Waals surface area contributed by atoms with Crippen LogP contribution in [0.2, 0.25) is 5.28 Å². The molecule has 0 fully saturated rings. The third-order valence-corrected chi connectivity index (χ3v) is 3.35. The standard InChI is InChI=1S/C16H14ClN3O2.CH4/c1-9(2)22-15(21)12-8-19-16(17)20-14(12)11-7-18-13-6-4-3-5-10(11)13;/h3-9,18H,1-2H3;1H4. The Morgan fingerprint density at radius 1 is 1.30 bits per heavy atom. The number of hydrogen-bond acceptors (Lipinski definition) is 4. The van der Waals surface area contributed by atoms with E-state index in [2.05, 4.69) is 15.0 Å². The summed E-state index contributed by atoms with van der Waals surface area (Å²) >= 11 is 5.91. The van der Waals surface area contributed by atoms with Crippen LogP contribution >= 0.6 is 11.6 Å². The fourth-order valence-corrected chi connectivity index (χ4v) is 2.39. The van der Waals surface area contributed by atoms with E-state index in [1.165, 1.54) is 6.20 Å². The topological polar surface area (TPSA) is 67.9 Å². The zero-order valence-corrected chi connectivity index (χ0v) is 12.9. The van der Waals surface area contributed by atoms with E-state index >= 15 is 0 Å². The Kier molecular flexibility index (Phi) is 5.01. The van der Waals surface area contributed by atoms with Gasteiger partial charge in [-0.1, -0.05) is 25.6 Å². The molecule has 0 aliphatic carbocycles. The van der Waals surface area contributed by atoms with Crippen molar-refractivity contribution in [2.24, 2.45) is 0 Å². The zero-order chi connectivity index (χ0) is 15.7. The van der Waals surface area contributed by atoms with Gasteiger partial charge in [0.15, 0.2) is 0 Å². The molecule has 0 atom stereocenters. The molecular formula is C17H18ClN3O2. The molecule has 5 nitrogen and oxygen atoms in total. The Balaban J connectivity index is 0.00000192. The molecule has 120 valence electrons. The van der Waals surface area contributed by atoms with Crippen molar-refractivity contribution in [1.82, 2.24) is 15.0 Å². The molecule has 1 N–H and O–H groups in total. The van der Waals surface area contributed by atoms with Crippen molar-refractivity contribution in [1.29, 1.82) is 0 Å². The van der Waals surface area contributed by atoms with E-state index in [1.807, 2.05) is 24.3 Å². The second kappa shape index (κ2) is 6.79. The van der Waals surface area contributed by atoms with Gasteiger partial charge in [0.2, 0.25) is 5.28 Å². The maximum absolute atomic E-state index is 12.3. The second-order valence-corrected chi connectivity index (χ2v) is 5.44. The number of esters is 1. The zero-order valence-electron chi connectivity index (χ0n) is 12.1. The van der Waals surface area contributed by atoms with Crippen molar-refractivity contribution in [2.45, 2.75) is 27.4 Å². The number of aromatic amines is 1. The highest BCUT2D eigenvalue weighted by molar-refractivity contribution is 6.28. The monoisotopic (exact) mass is 331 g/mol. The summed E-state index contributed by atoms with van der Waals surface area (Å²) in [6, 6.07) is 7.76. The molecule has 1 aromatic carbocycles. The molecule has 0 aliphatic rings. The predicted molar refractivity (Wildman–Crippen MR) is 91.6 cm³/mol. The number of benzene rings is 1. The summed E-state index contributed by atoms with van der Waals surface area (Å²) < 4.78 is 5.25. The number of nitrogens with one attached hydrogen (secondary N) is 1. The summed E-state index contributed by atoms with van der Waals surface area (Å²) in [6.45, 7) is 3.58. The number of aromatic nitrogens is 3. The molecule has 0 radical (unpaired) electrons. The van der Waals surface area contributed by atoms with Crippen LogP contribution in [-0.4, -0.2) is 27.0 Å². The lowest BCUT2D eigenvalue weighted by Gasteiger charge is -2.10. The molecule has 0 saturated carbocycles. The van der Waals surface area contributed by atoms with Crippen LogP contribution in [0, 0.1) is 0 Å². The van der Waals surface area contributed by atoms with Crippen LogP contribution in [0.1, 0.15) is 31.6 Å². The summed E-state index contributed by atoms with van der Waals surface area (Å²) in [5.41, 5.74) is 2.50. The molecule has 3 aromatic rings. The molecule has 0 unspecified atom stereocenters. The van der Waals surface area contributed by atoms with Crippen LogP contribution in [-0.2, 0) is 4.74 Å². The molecule has 0 aliphatic heterocycles. The highest BCUT2D eigenvalue weighted by atomic mass is 35.5. The van der Waals surface area contributed by atoms with Gasteiger partial charge in [-0.2, -0.15) is 0 Å². The largest absolute Gasteiger partial charge is 0.459 e. The minimum atomic E-state index is -0.466. The molecule has 3 rings (SSSR count). The lowest BCUT2D eigenvalue weighted by molar-refractivity contribution is 0.0378. The number of carbonyl (C=O) groups excluding carboxylic acids is 1. The van der Waals surface area contributed by atoms with Crippen LogP contribution in [0.15, 0.2) is 36.7 Å². The molecule has 6 heteroatoms. The Morgan fingerprint density at radius 2 is 2.04 bits per heavy atom. The Hall–Kier alpha value is -2.40. The number of para-hydroxylation sites is 1. The second-order valence-electron chi connectivity index (χ2n) is 5.10. The van der Waals surface area contributed by atoms with Gasteiger partial charge in [-0.05, 0) is 31.5 Å². The van der Waals surface area contributed by atoms with E-state index in [4.69, 9.17) is 16.3 Å². The molecule has 0 spiro atoms. The van der Waals surface area contributed by atoms with Crippen molar-refractivity contribution in [3.05, 3.63) is 47.5 Å². The number of rotatable bonds is 3. The van der Waals surface area contributed by atoms with Crippen molar-refractivity contribution in [3.63, 3.8) is 0 Å². The van der Waals surface area contributed by atoms with Crippen LogP contribution < -0.4 is 0 Å². The van der Waals surface area contributed by atoms with Gasteiger partial charge in [-0.3, -0.25) is 0 Å². The van der Waals surface area contributed by atoms with Gasteiger partial charge in [0.1, 0.15) is 5.56 Å². The lowest BCUT2D eigenvalue weighted by Crippen LogP contribution is -2.13. The smallest absolute Gasteiger partial charge is 0.342 e. The van der Waals surface area contributed by atoms with E-state index in [0.717, 1.165) is 16.5 Å². The first-order valence-electron chi connectivity index (χ1n) is 6.86. The Morgan fingerprint density at radius 3 is 2.78 bits per heavy atom. The van der Waals surface area contributed by atoms with Gasteiger partial charge in [0.05, 0.1) is 11.8 Å². The summed E-state index contributed by atoms with van der Waals surface area (Å²) in [7, 11) is 0. The van der Waals surface area contributed by atoms with E-state index in [0.29, 0.717) is 11.3 Å². The lowest BCUT2D eigenvalue weighted by atomic mass is 10.1. The maximum Gasteiger partial charge on any atom is 0.342 e. The van der Waals surface area contributed by atoms with Crippen molar-refractivity contribution < 1.29 is 9.53 Å². The Bertz CT molecular complexity index is 843. The highest BCUT2D eigenvalue weighted by Crippen LogP contribution is 2.30. The number of carbonyl (C=O) groups is 1. The number of halogens is 1. The fourth-order valence-electron chi connectivity index (χ4n) is 2.26. The number of ether oxygens (including phenoxy) is 1. The summed E-state index contributed by atoms with van der Waals surface area (Å²) in [4.78, 5) is 23.5. The van der Waals surface area contributed by atoms with Gasteiger partial charge in [0, 0.05) is 28.9 Å². The fraction of sp³-hybridized carbons (Fsp3) is 0.235. The normalized spacial score (nSPS) is 10.6. The van der Waals surface area contributed by atoms with Crippen LogP contribution in [0.3, 0.4) is 0 Å². The minimum absolute atomic E-state index is 0. The van der Waals surface area contributed by atoms with E-state index in [1.54, 1.807) is 20.0 Å². The van der Waals surface area contributed by atoms with Gasteiger partial charge in [-0.25, -0.2) is 14.8 Å². The van der Waals surface area contributed by atoms with Crippen molar-refractivity contribution in [3.8, 4) is 11.3 Å². The van der Waals surface area contributed by atoms with Gasteiger partial charge in [0.25, 0.3) is 0 Å². The molecule has 0 saturated heterocycles. The molecule has 0 amide bonds. The molecule has 0 bridgehead atoms. The first-order valence-corrected chi connectivity index (χ1v) is 7.24. The van der Waals surface area contributed by atoms with E-state index in [9.17, 15) is 4.79 Å². The first-order chi connectivity index (χ1) is 10.6. The Labute approximate surface area is 139 Å². The number of hydrogen-bond donors (Lipinski definition) is 1. The van der Waals surface area contributed by atoms with E-state index in [-0.39, 0.29) is 18.8 Å². The van der Waals surface area contributed by atoms with Gasteiger partial charge >= 0.3 is 5.97 Å². The average Bonchev–Trinajstić information content (AvgIpc) is 2.90. The van der Waals surface area contributed by atoms with Gasteiger partial charge in [-0.15, -0.1) is 0 Å². The SMILES string of the molecule is C.CC(C)OC(=O)c1cnc(Cl)nc1-c1c[nH]c2ccccc12. The summed E-state index contributed by atoms with van der Waals surface area (Å²) in [5.74, 6) is -0.466. The molecule has 23 heavy (non-hydrogen) atoms. The average molecular weight is 332 g/mol. The quantitative estimate of drug-likeness (QED) is 0.567. The van der Waals surface area contributed by atoms with Crippen molar-refractivity contribution >= 4 is 28.5 Å².